The zero-order valence-electron chi connectivity index (χ0n) is 11.8. The second-order valence-corrected chi connectivity index (χ2v) is 5.42. The summed E-state index contributed by atoms with van der Waals surface area (Å²) in [7, 11) is 3.74. The molecule has 3 heteroatoms. The van der Waals surface area contributed by atoms with Gasteiger partial charge in [0.2, 0.25) is 0 Å². The molecule has 0 aliphatic carbocycles. The quantitative estimate of drug-likeness (QED) is 0.594. The van der Waals surface area contributed by atoms with Crippen LogP contribution in [0.5, 0.6) is 5.75 Å². The first-order valence-electron chi connectivity index (χ1n) is 6.54. The van der Waals surface area contributed by atoms with Crippen molar-refractivity contribution in [1.82, 2.24) is 0 Å². The van der Waals surface area contributed by atoms with Gasteiger partial charge in [0.05, 0.1) is 26.2 Å². The predicted molar refractivity (Wildman–Crippen MR) is 71.5 cm³/mol. The van der Waals surface area contributed by atoms with Crippen LogP contribution in [0.1, 0.15) is 42.1 Å². The SMILES string of the molecule is CCCCC[N+](C)(C)C(=O)c1ccc(C)cc1[O-]. The van der Waals surface area contributed by atoms with Crippen molar-refractivity contribution in [2.75, 3.05) is 20.6 Å². The Bertz CT molecular complexity index is 425. The first-order valence-corrected chi connectivity index (χ1v) is 6.54. The molecule has 1 amide bonds. The van der Waals surface area contributed by atoms with Crippen molar-refractivity contribution < 1.29 is 14.4 Å². The first-order chi connectivity index (χ1) is 8.38. The molecule has 0 aliphatic heterocycles. The molecule has 0 aliphatic rings. The lowest BCUT2D eigenvalue weighted by Gasteiger charge is -2.28. The number of carbonyl (C=O) groups excluding carboxylic acids is 1. The van der Waals surface area contributed by atoms with E-state index in [4.69, 9.17) is 0 Å². The van der Waals surface area contributed by atoms with Crippen LogP contribution in [0, 0.1) is 6.92 Å². The number of aryl methyl sites for hydroxylation is 1. The lowest BCUT2D eigenvalue weighted by molar-refractivity contribution is -0.808. The molecule has 1 rings (SSSR count). The normalized spacial score (nSPS) is 11.6. The van der Waals surface area contributed by atoms with Crippen LogP contribution in [0.15, 0.2) is 18.2 Å². The van der Waals surface area contributed by atoms with Gasteiger partial charge in [0.25, 0.3) is 0 Å². The molecule has 3 nitrogen and oxygen atoms in total. The smallest absolute Gasteiger partial charge is 0.344 e. The Labute approximate surface area is 110 Å². The fourth-order valence-electron chi connectivity index (χ4n) is 1.99. The van der Waals surface area contributed by atoms with Crippen molar-refractivity contribution in [3.63, 3.8) is 0 Å². The number of unbranched alkanes of at least 4 members (excludes halogenated alkanes) is 2. The van der Waals surface area contributed by atoms with Crippen molar-refractivity contribution in [3.8, 4) is 5.75 Å². The molecule has 0 aromatic heterocycles. The van der Waals surface area contributed by atoms with Gasteiger partial charge in [-0.2, -0.15) is 0 Å². The van der Waals surface area contributed by atoms with E-state index < -0.39 is 0 Å². The number of benzene rings is 1. The Morgan fingerprint density at radius 3 is 2.50 bits per heavy atom. The van der Waals surface area contributed by atoms with Crippen LogP contribution >= 0.6 is 0 Å². The number of nitrogens with zero attached hydrogens (tertiary/aromatic N) is 1. The third-order valence-electron chi connectivity index (χ3n) is 3.24. The maximum Gasteiger partial charge on any atom is 0.344 e. The molecule has 1 aromatic carbocycles. The van der Waals surface area contributed by atoms with Gasteiger partial charge >= 0.3 is 5.91 Å². The summed E-state index contributed by atoms with van der Waals surface area (Å²) in [6, 6.07) is 5.00. The lowest BCUT2D eigenvalue weighted by atomic mass is 10.1. The van der Waals surface area contributed by atoms with Gasteiger partial charge in [-0.1, -0.05) is 36.8 Å². The minimum absolute atomic E-state index is 0.0869. The Kier molecular flexibility index (Phi) is 4.91. The average Bonchev–Trinajstić information content (AvgIpc) is 2.28. The van der Waals surface area contributed by atoms with E-state index in [1.807, 2.05) is 27.1 Å². The molecular weight excluding hydrogens is 226 g/mol. The van der Waals surface area contributed by atoms with E-state index in [1.54, 1.807) is 6.07 Å². The van der Waals surface area contributed by atoms with Gasteiger partial charge < -0.3 is 5.11 Å². The molecule has 0 spiro atoms. The third kappa shape index (κ3) is 3.57. The average molecular weight is 249 g/mol. The zero-order valence-corrected chi connectivity index (χ0v) is 11.8. The van der Waals surface area contributed by atoms with Gasteiger partial charge in [0, 0.05) is 0 Å². The van der Waals surface area contributed by atoms with Crippen molar-refractivity contribution in [2.24, 2.45) is 0 Å². The van der Waals surface area contributed by atoms with Crippen LogP contribution in [0.4, 0.5) is 0 Å². The van der Waals surface area contributed by atoms with Crippen LogP contribution < -0.4 is 5.11 Å². The van der Waals surface area contributed by atoms with Crippen molar-refractivity contribution in [2.45, 2.75) is 33.1 Å². The summed E-state index contributed by atoms with van der Waals surface area (Å²) in [4.78, 5) is 12.4. The Morgan fingerprint density at radius 2 is 1.94 bits per heavy atom. The molecule has 0 saturated heterocycles. The maximum atomic E-state index is 12.4. The number of quaternary nitrogens is 1. The highest BCUT2D eigenvalue weighted by molar-refractivity contribution is 5.91. The maximum absolute atomic E-state index is 12.4. The molecule has 100 valence electrons. The molecule has 1 aromatic rings. The number of hydrogen-bond donors (Lipinski definition) is 0. The van der Waals surface area contributed by atoms with Crippen LogP contribution in [-0.4, -0.2) is 31.0 Å². The van der Waals surface area contributed by atoms with Gasteiger partial charge in [-0.15, -0.1) is 0 Å². The standard InChI is InChI=1S/C15H23NO2/c1-5-6-7-10-16(3,4)15(18)13-9-8-12(2)11-14(13)17/h8-9,11H,5-7,10H2,1-4H3. The molecule has 0 unspecified atom stereocenters. The highest BCUT2D eigenvalue weighted by atomic mass is 16.3. The van der Waals surface area contributed by atoms with E-state index in [-0.39, 0.29) is 16.1 Å². The summed E-state index contributed by atoms with van der Waals surface area (Å²) < 4.78 is 0.248. The van der Waals surface area contributed by atoms with Crippen molar-refractivity contribution in [3.05, 3.63) is 29.3 Å². The van der Waals surface area contributed by atoms with Gasteiger partial charge in [0.1, 0.15) is 0 Å². The fourth-order valence-corrected chi connectivity index (χ4v) is 1.99. The number of amides is 1. The van der Waals surface area contributed by atoms with Crippen LogP contribution in [0.3, 0.4) is 0 Å². The van der Waals surface area contributed by atoms with Gasteiger partial charge in [0.15, 0.2) is 0 Å². The second kappa shape index (κ2) is 6.01. The van der Waals surface area contributed by atoms with E-state index in [1.165, 1.54) is 6.07 Å². The van der Waals surface area contributed by atoms with E-state index in [9.17, 15) is 9.90 Å². The highest BCUT2D eigenvalue weighted by Crippen LogP contribution is 2.20. The lowest BCUT2D eigenvalue weighted by Crippen LogP contribution is -2.46. The predicted octanol–water partition coefficient (Wildman–Crippen LogP) is 2.48. The fraction of sp³-hybridized carbons (Fsp3) is 0.533. The Morgan fingerprint density at radius 1 is 1.28 bits per heavy atom. The number of carbonyl (C=O) groups is 1. The minimum Gasteiger partial charge on any atom is -0.872 e. The van der Waals surface area contributed by atoms with E-state index in [0.29, 0.717) is 5.56 Å². The monoisotopic (exact) mass is 249 g/mol. The second-order valence-electron chi connectivity index (χ2n) is 5.42. The van der Waals surface area contributed by atoms with Crippen LogP contribution in [0.2, 0.25) is 0 Å². The van der Waals surface area contributed by atoms with Crippen LogP contribution in [-0.2, 0) is 0 Å². The van der Waals surface area contributed by atoms with Crippen LogP contribution in [0.25, 0.3) is 0 Å². The summed E-state index contributed by atoms with van der Waals surface area (Å²) >= 11 is 0. The highest BCUT2D eigenvalue weighted by Gasteiger charge is 2.27. The van der Waals surface area contributed by atoms with E-state index in [0.717, 1.165) is 31.4 Å². The Hall–Kier alpha value is -1.35. The van der Waals surface area contributed by atoms with Crippen molar-refractivity contribution in [1.29, 1.82) is 0 Å². The van der Waals surface area contributed by atoms with Crippen molar-refractivity contribution >= 4 is 5.91 Å². The molecule has 0 saturated carbocycles. The summed E-state index contributed by atoms with van der Waals surface area (Å²) in [5.74, 6) is -0.252. The molecule has 0 N–H and O–H groups in total. The molecule has 0 heterocycles. The minimum atomic E-state index is -0.165. The summed E-state index contributed by atoms with van der Waals surface area (Å²) in [5, 5.41) is 11.8. The molecule has 0 atom stereocenters. The number of hydrogen-bond acceptors (Lipinski definition) is 2. The topological polar surface area (TPSA) is 40.1 Å². The first kappa shape index (κ1) is 14.7. The summed E-state index contributed by atoms with van der Waals surface area (Å²) in [5.41, 5.74) is 1.20. The van der Waals surface area contributed by atoms with Gasteiger partial charge in [-0.05, 0) is 25.8 Å². The van der Waals surface area contributed by atoms with E-state index in [2.05, 4.69) is 6.92 Å². The zero-order chi connectivity index (χ0) is 13.8. The summed E-state index contributed by atoms with van der Waals surface area (Å²) in [6.45, 7) is 4.77. The van der Waals surface area contributed by atoms with E-state index >= 15 is 0 Å². The molecule has 0 radical (unpaired) electrons. The third-order valence-corrected chi connectivity index (χ3v) is 3.24. The largest absolute Gasteiger partial charge is 0.872 e. The molecule has 0 fully saturated rings. The summed E-state index contributed by atoms with van der Waals surface area (Å²) in [6.07, 6.45) is 3.26. The number of rotatable bonds is 5. The Balaban J connectivity index is 2.84. The molecule has 0 bridgehead atoms. The van der Waals surface area contributed by atoms with Gasteiger partial charge in [-0.25, -0.2) is 4.79 Å². The molecule has 18 heavy (non-hydrogen) atoms. The van der Waals surface area contributed by atoms with Gasteiger partial charge in [-0.3, -0.25) is 4.48 Å². The molecular formula is C15H23NO2.